The largest absolute Gasteiger partial charge is 0.497 e. The summed E-state index contributed by atoms with van der Waals surface area (Å²) in [7, 11) is -0.685. The van der Waals surface area contributed by atoms with Gasteiger partial charge in [0, 0.05) is 45.3 Å². The number of methoxy groups -OCH3 is 2. The van der Waals surface area contributed by atoms with Gasteiger partial charge in [-0.05, 0) is 37.1 Å². The zero-order valence-electron chi connectivity index (χ0n) is 18.7. The third-order valence-corrected chi connectivity index (χ3v) is 8.06. The van der Waals surface area contributed by atoms with Crippen molar-refractivity contribution in [3.05, 3.63) is 30.3 Å². The topological polar surface area (TPSA) is 88.1 Å². The summed E-state index contributed by atoms with van der Waals surface area (Å²) < 4.78 is 38.4. The van der Waals surface area contributed by atoms with Gasteiger partial charge in [-0.15, -0.1) is 10.2 Å². The Balaban J connectivity index is 1.41. The van der Waals surface area contributed by atoms with Crippen molar-refractivity contribution in [2.75, 3.05) is 63.3 Å². The molecule has 0 spiro atoms. The van der Waals surface area contributed by atoms with Crippen LogP contribution in [0.1, 0.15) is 25.7 Å². The lowest BCUT2D eigenvalue weighted by molar-refractivity contribution is 0.369. The predicted octanol–water partition coefficient (Wildman–Crippen LogP) is 2.39. The second-order valence-corrected chi connectivity index (χ2v) is 9.97. The van der Waals surface area contributed by atoms with Crippen molar-refractivity contribution >= 4 is 21.7 Å². The summed E-state index contributed by atoms with van der Waals surface area (Å²) in [6.07, 6.45) is 4.94. The summed E-state index contributed by atoms with van der Waals surface area (Å²) in [6, 6.07) is 8.77. The Labute approximate surface area is 190 Å². The lowest BCUT2D eigenvalue weighted by Crippen LogP contribution is -2.49. The van der Waals surface area contributed by atoms with E-state index in [0.717, 1.165) is 24.7 Å². The summed E-state index contributed by atoms with van der Waals surface area (Å²) in [5.41, 5.74) is 0. The number of aromatic nitrogens is 2. The van der Waals surface area contributed by atoms with Crippen LogP contribution in [0.5, 0.6) is 11.5 Å². The van der Waals surface area contributed by atoms with Crippen molar-refractivity contribution < 1.29 is 17.9 Å². The SMILES string of the molecule is COc1ccc(S(=O)(=O)N2CCN(c3ccc(N4CCCCCC4)nn3)CC2)c(OC)c1. The highest BCUT2D eigenvalue weighted by Crippen LogP contribution is 2.31. The van der Waals surface area contributed by atoms with Gasteiger partial charge in [-0.2, -0.15) is 4.31 Å². The fraction of sp³-hybridized carbons (Fsp3) is 0.545. The van der Waals surface area contributed by atoms with Gasteiger partial charge < -0.3 is 19.3 Å². The van der Waals surface area contributed by atoms with Crippen molar-refractivity contribution in [3.63, 3.8) is 0 Å². The maximum atomic E-state index is 13.2. The highest BCUT2D eigenvalue weighted by molar-refractivity contribution is 7.89. The highest BCUT2D eigenvalue weighted by Gasteiger charge is 2.31. The molecule has 1 aromatic heterocycles. The minimum Gasteiger partial charge on any atom is -0.497 e. The Bertz CT molecular complexity index is 999. The molecule has 174 valence electrons. The quantitative estimate of drug-likeness (QED) is 0.648. The normalized spacial score (nSPS) is 18.3. The second-order valence-electron chi connectivity index (χ2n) is 8.06. The highest BCUT2D eigenvalue weighted by atomic mass is 32.2. The number of rotatable bonds is 6. The second kappa shape index (κ2) is 9.91. The predicted molar refractivity (Wildman–Crippen MR) is 123 cm³/mol. The van der Waals surface area contributed by atoms with E-state index in [4.69, 9.17) is 9.47 Å². The number of anilines is 2. The van der Waals surface area contributed by atoms with Crippen LogP contribution in [-0.2, 0) is 10.0 Å². The van der Waals surface area contributed by atoms with Gasteiger partial charge in [0.05, 0.1) is 14.2 Å². The standard InChI is InChI=1S/C22H31N5O4S/c1-30-18-7-8-20(19(17-18)31-2)32(28,29)27-15-13-26(14-16-27)22-10-9-21(23-24-22)25-11-5-3-4-6-12-25/h7-10,17H,3-6,11-16H2,1-2H3. The van der Waals surface area contributed by atoms with Gasteiger partial charge >= 0.3 is 0 Å². The lowest BCUT2D eigenvalue weighted by atomic mass is 10.2. The van der Waals surface area contributed by atoms with E-state index in [2.05, 4.69) is 20.0 Å². The van der Waals surface area contributed by atoms with Gasteiger partial charge in [0.25, 0.3) is 0 Å². The average Bonchev–Trinajstić information content (AvgIpc) is 3.13. The molecular weight excluding hydrogens is 430 g/mol. The molecule has 0 aliphatic carbocycles. The van der Waals surface area contributed by atoms with Crippen molar-refractivity contribution in [1.29, 1.82) is 0 Å². The molecule has 0 N–H and O–H groups in total. The maximum absolute atomic E-state index is 13.2. The van der Waals surface area contributed by atoms with Crippen LogP contribution in [0.25, 0.3) is 0 Å². The third-order valence-electron chi connectivity index (χ3n) is 6.12. The van der Waals surface area contributed by atoms with Crippen LogP contribution in [0.4, 0.5) is 11.6 Å². The molecule has 0 unspecified atom stereocenters. The molecule has 0 radical (unpaired) electrons. The van der Waals surface area contributed by atoms with Crippen LogP contribution in [0.2, 0.25) is 0 Å². The number of sulfonamides is 1. The summed E-state index contributed by atoms with van der Waals surface area (Å²) in [5.74, 6) is 2.53. The molecule has 1 aromatic carbocycles. The monoisotopic (exact) mass is 461 g/mol. The average molecular weight is 462 g/mol. The summed E-state index contributed by atoms with van der Waals surface area (Å²) >= 11 is 0. The van der Waals surface area contributed by atoms with Crippen LogP contribution >= 0.6 is 0 Å². The number of nitrogens with zero attached hydrogens (tertiary/aromatic N) is 5. The van der Waals surface area contributed by atoms with Crippen LogP contribution in [0, 0.1) is 0 Å². The molecule has 0 atom stereocenters. The van der Waals surface area contributed by atoms with Crippen molar-refractivity contribution in [1.82, 2.24) is 14.5 Å². The van der Waals surface area contributed by atoms with E-state index in [9.17, 15) is 8.42 Å². The maximum Gasteiger partial charge on any atom is 0.246 e. The Morgan fingerprint density at radius 3 is 1.88 bits per heavy atom. The van der Waals surface area contributed by atoms with Gasteiger partial charge in [0.2, 0.25) is 10.0 Å². The van der Waals surface area contributed by atoms with E-state index in [-0.39, 0.29) is 10.6 Å². The zero-order valence-corrected chi connectivity index (χ0v) is 19.6. The molecule has 4 rings (SSSR count). The molecule has 0 saturated carbocycles. The number of hydrogen-bond acceptors (Lipinski definition) is 8. The fourth-order valence-corrected chi connectivity index (χ4v) is 5.80. The van der Waals surface area contributed by atoms with Crippen molar-refractivity contribution in [3.8, 4) is 11.5 Å². The molecule has 2 aliphatic rings. The molecule has 2 fully saturated rings. The van der Waals surface area contributed by atoms with Crippen LogP contribution in [0.15, 0.2) is 35.2 Å². The van der Waals surface area contributed by atoms with E-state index in [1.807, 2.05) is 12.1 Å². The Morgan fingerprint density at radius 1 is 0.750 bits per heavy atom. The smallest absolute Gasteiger partial charge is 0.246 e. The summed E-state index contributed by atoms with van der Waals surface area (Å²) in [6.45, 7) is 3.89. The van der Waals surface area contributed by atoms with Gasteiger partial charge in [-0.3, -0.25) is 0 Å². The molecular formula is C22H31N5O4S. The molecule has 0 amide bonds. The first-order chi connectivity index (χ1) is 15.5. The number of ether oxygens (including phenoxy) is 2. The Kier molecular flexibility index (Phi) is 7.00. The third kappa shape index (κ3) is 4.75. The van der Waals surface area contributed by atoms with Crippen LogP contribution in [0.3, 0.4) is 0 Å². The summed E-state index contributed by atoms with van der Waals surface area (Å²) in [5, 5.41) is 8.88. The van der Waals surface area contributed by atoms with Crippen molar-refractivity contribution in [2.45, 2.75) is 30.6 Å². The number of hydrogen-bond donors (Lipinski definition) is 0. The van der Waals surface area contributed by atoms with E-state index in [0.29, 0.717) is 31.9 Å². The first kappa shape index (κ1) is 22.6. The van der Waals surface area contributed by atoms with E-state index < -0.39 is 10.0 Å². The van der Waals surface area contributed by atoms with Crippen LogP contribution in [-0.4, -0.2) is 76.4 Å². The van der Waals surface area contributed by atoms with Crippen molar-refractivity contribution in [2.24, 2.45) is 0 Å². The number of piperazine rings is 1. The van der Waals surface area contributed by atoms with Gasteiger partial charge in [-0.1, -0.05) is 12.8 Å². The first-order valence-corrected chi connectivity index (χ1v) is 12.5. The van der Waals surface area contributed by atoms with E-state index in [1.54, 1.807) is 12.1 Å². The molecule has 2 aromatic rings. The Morgan fingerprint density at radius 2 is 1.34 bits per heavy atom. The molecule has 3 heterocycles. The molecule has 2 aliphatic heterocycles. The molecule has 32 heavy (non-hydrogen) atoms. The molecule has 0 bridgehead atoms. The molecule has 9 nitrogen and oxygen atoms in total. The molecule has 2 saturated heterocycles. The van der Waals surface area contributed by atoms with Gasteiger partial charge in [-0.25, -0.2) is 8.42 Å². The van der Waals surface area contributed by atoms with Crippen LogP contribution < -0.4 is 19.3 Å². The van der Waals surface area contributed by atoms with E-state index in [1.165, 1.54) is 50.3 Å². The van der Waals surface area contributed by atoms with Gasteiger partial charge in [0.15, 0.2) is 11.6 Å². The lowest BCUT2D eigenvalue weighted by Gasteiger charge is -2.34. The van der Waals surface area contributed by atoms with E-state index >= 15 is 0 Å². The number of benzene rings is 1. The zero-order chi connectivity index (χ0) is 22.6. The molecule has 10 heteroatoms. The Hall–Kier alpha value is -2.59. The van der Waals surface area contributed by atoms with Gasteiger partial charge in [0.1, 0.15) is 16.4 Å². The summed E-state index contributed by atoms with van der Waals surface area (Å²) in [4.78, 5) is 4.53. The minimum atomic E-state index is -3.68. The fourth-order valence-electron chi connectivity index (χ4n) is 4.24. The first-order valence-electron chi connectivity index (χ1n) is 11.1. The minimum absolute atomic E-state index is 0.149.